The molecule has 1 amide bonds. The average molecular weight is 241 g/mol. The van der Waals surface area contributed by atoms with Gasteiger partial charge in [-0.2, -0.15) is 0 Å². The van der Waals surface area contributed by atoms with E-state index in [-0.39, 0.29) is 5.91 Å². The summed E-state index contributed by atoms with van der Waals surface area (Å²) in [4.78, 5) is 13.5. The topological polar surface area (TPSA) is 66.6 Å². The van der Waals surface area contributed by atoms with Crippen LogP contribution < -0.4 is 10.6 Å². The number of nitrogens with two attached hydrogens (primary N) is 1. The zero-order chi connectivity index (χ0) is 11.9. The van der Waals surface area contributed by atoms with Gasteiger partial charge in [0.1, 0.15) is 0 Å². The van der Waals surface area contributed by atoms with Gasteiger partial charge in [-0.25, -0.2) is 0 Å². The summed E-state index contributed by atoms with van der Waals surface area (Å²) in [6, 6.07) is 5.04. The standard InChI is InChI=1S/C11H13ClN2O2/c1-11(16)8-6-7(12)2-3-9(8)14(5-4-13)10(11)15/h2-3,6,16H,4-5,13H2,1H3. The lowest BCUT2D eigenvalue weighted by molar-refractivity contribution is -0.134. The van der Waals surface area contributed by atoms with E-state index in [2.05, 4.69) is 0 Å². The molecular weight excluding hydrogens is 228 g/mol. The second kappa shape index (κ2) is 3.73. The fourth-order valence-electron chi connectivity index (χ4n) is 1.97. The van der Waals surface area contributed by atoms with Crippen LogP contribution in [0.5, 0.6) is 0 Å². The van der Waals surface area contributed by atoms with Gasteiger partial charge < -0.3 is 15.7 Å². The Bertz CT molecular complexity index is 446. The van der Waals surface area contributed by atoms with E-state index in [0.29, 0.717) is 29.4 Å². The van der Waals surface area contributed by atoms with Crippen LogP contribution in [-0.2, 0) is 10.4 Å². The maximum atomic E-state index is 12.0. The maximum absolute atomic E-state index is 12.0. The van der Waals surface area contributed by atoms with Crippen LogP contribution in [0.4, 0.5) is 5.69 Å². The summed E-state index contributed by atoms with van der Waals surface area (Å²) in [6.07, 6.45) is 0. The largest absolute Gasteiger partial charge is 0.375 e. The van der Waals surface area contributed by atoms with Crippen LogP contribution in [0.2, 0.25) is 5.02 Å². The molecular formula is C11H13ClN2O2. The van der Waals surface area contributed by atoms with Gasteiger partial charge >= 0.3 is 0 Å². The number of benzene rings is 1. The molecule has 1 aromatic carbocycles. The number of hydrogen-bond donors (Lipinski definition) is 2. The molecule has 0 aromatic heterocycles. The fraction of sp³-hybridized carbons (Fsp3) is 0.364. The van der Waals surface area contributed by atoms with Crippen molar-refractivity contribution < 1.29 is 9.90 Å². The van der Waals surface area contributed by atoms with Gasteiger partial charge in [-0.3, -0.25) is 4.79 Å². The van der Waals surface area contributed by atoms with Gasteiger partial charge in [0.25, 0.3) is 5.91 Å². The highest BCUT2D eigenvalue weighted by molar-refractivity contribution is 6.31. The van der Waals surface area contributed by atoms with E-state index < -0.39 is 5.60 Å². The van der Waals surface area contributed by atoms with Crippen molar-refractivity contribution in [1.82, 2.24) is 0 Å². The summed E-state index contributed by atoms with van der Waals surface area (Å²) in [6.45, 7) is 2.22. The molecule has 1 aliphatic rings. The molecule has 1 aliphatic heterocycles. The SMILES string of the molecule is CC1(O)C(=O)N(CCN)c2ccc(Cl)cc21. The minimum absolute atomic E-state index is 0.351. The first kappa shape index (κ1) is 11.4. The molecule has 1 aromatic rings. The fourth-order valence-corrected chi connectivity index (χ4v) is 2.14. The molecule has 5 heteroatoms. The van der Waals surface area contributed by atoms with Crippen LogP contribution in [0.3, 0.4) is 0 Å². The second-order valence-electron chi connectivity index (χ2n) is 3.98. The van der Waals surface area contributed by atoms with Crippen molar-refractivity contribution in [1.29, 1.82) is 0 Å². The Balaban J connectivity index is 2.55. The Hall–Kier alpha value is -1.10. The average Bonchev–Trinajstić information content (AvgIpc) is 2.41. The van der Waals surface area contributed by atoms with Gasteiger partial charge in [0, 0.05) is 23.7 Å². The predicted octanol–water partition coefficient (Wildman–Crippen LogP) is 0.853. The third kappa shape index (κ3) is 1.50. The second-order valence-corrected chi connectivity index (χ2v) is 4.42. The van der Waals surface area contributed by atoms with Crippen LogP contribution in [-0.4, -0.2) is 24.1 Å². The predicted molar refractivity (Wildman–Crippen MR) is 62.4 cm³/mol. The Morgan fingerprint density at radius 3 is 2.88 bits per heavy atom. The molecule has 4 nitrogen and oxygen atoms in total. The first-order chi connectivity index (χ1) is 7.48. The van der Waals surface area contributed by atoms with Crippen molar-refractivity contribution in [3.05, 3.63) is 28.8 Å². The number of nitrogens with zero attached hydrogens (tertiary/aromatic N) is 1. The van der Waals surface area contributed by atoms with E-state index in [1.165, 1.54) is 11.8 Å². The van der Waals surface area contributed by atoms with E-state index in [9.17, 15) is 9.90 Å². The highest BCUT2D eigenvalue weighted by atomic mass is 35.5. The summed E-state index contributed by atoms with van der Waals surface area (Å²) in [7, 11) is 0. The lowest BCUT2D eigenvalue weighted by atomic mass is 9.98. The van der Waals surface area contributed by atoms with Gasteiger partial charge in [-0.15, -0.1) is 0 Å². The highest BCUT2D eigenvalue weighted by Crippen LogP contribution is 2.40. The van der Waals surface area contributed by atoms with Crippen molar-refractivity contribution in [3.8, 4) is 0 Å². The van der Waals surface area contributed by atoms with Crippen molar-refractivity contribution in [2.24, 2.45) is 5.73 Å². The molecule has 86 valence electrons. The number of amides is 1. The quantitative estimate of drug-likeness (QED) is 0.806. The number of fused-ring (bicyclic) bond motifs is 1. The third-order valence-corrected chi connectivity index (χ3v) is 3.02. The molecule has 1 atom stereocenters. The van der Waals surface area contributed by atoms with Crippen LogP contribution in [0, 0.1) is 0 Å². The number of carbonyl (C=O) groups is 1. The van der Waals surface area contributed by atoms with E-state index in [0.717, 1.165) is 0 Å². The first-order valence-corrected chi connectivity index (χ1v) is 5.40. The molecule has 0 spiro atoms. The summed E-state index contributed by atoms with van der Waals surface area (Å²) in [5.74, 6) is -0.352. The van der Waals surface area contributed by atoms with Crippen LogP contribution in [0.1, 0.15) is 12.5 Å². The zero-order valence-corrected chi connectivity index (χ0v) is 9.66. The lowest BCUT2D eigenvalue weighted by Gasteiger charge is -2.18. The van der Waals surface area contributed by atoms with Crippen molar-refractivity contribution in [2.75, 3.05) is 18.0 Å². The van der Waals surface area contributed by atoms with E-state index in [1.54, 1.807) is 18.2 Å². The number of anilines is 1. The molecule has 1 unspecified atom stereocenters. The van der Waals surface area contributed by atoms with Crippen LogP contribution >= 0.6 is 11.6 Å². The van der Waals surface area contributed by atoms with E-state index in [1.807, 2.05) is 0 Å². The monoisotopic (exact) mass is 240 g/mol. The third-order valence-electron chi connectivity index (χ3n) is 2.79. The van der Waals surface area contributed by atoms with Crippen LogP contribution in [0.15, 0.2) is 18.2 Å². The number of carbonyl (C=O) groups excluding carboxylic acids is 1. The molecule has 0 saturated heterocycles. The molecule has 0 bridgehead atoms. The Morgan fingerprint density at radius 2 is 2.25 bits per heavy atom. The van der Waals surface area contributed by atoms with Crippen molar-refractivity contribution in [3.63, 3.8) is 0 Å². The van der Waals surface area contributed by atoms with Crippen molar-refractivity contribution >= 4 is 23.2 Å². The lowest BCUT2D eigenvalue weighted by Crippen LogP contribution is -2.40. The summed E-state index contributed by atoms with van der Waals surface area (Å²) >= 11 is 5.86. The minimum atomic E-state index is -1.50. The van der Waals surface area contributed by atoms with Gasteiger partial charge in [0.15, 0.2) is 5.60 Å². The van der Waals surface area contributed by atoms with Crippen LogP contribution in [0.25, 0.3) is 0 Å². The maximum Gasteiger partial charge on any atom is 0.263 e. The molecule has 0 saturated carbocycles. The Morgan fingerprint density at radius 1 is 1.56 bits per heavy atom. The Kier molecular flexibility index (Phi) is 2.66. The number of halogens is 1. The summed E-state index contributed by atoms with van der Waals surface area (Å²) in [5, 5.41) is 10.6. The highest BCUT2D eigenvalue weighted by Gasteiger charge is 2.45. The van der Waals surface area contributed by atoms with Gasteiger partial charge in [-0.1, -0.05) is 11.6 Å². The Labute approximate surface area is 98.6 Å². The molecule has 2 rings (SSSR count). The minimum Gasteiger partial charge on any atom is -0.375 e. The van der Waals surface area contributed by atoms with E-state index >= 15 is 0 Å². The van der Waals surface area contributed by atoms with Gasteiger partial charge in [0.05, 0.1) is 5.69 Å². The molecule has 3 N–H and O–H groups in total. The summed E-state index contributed by atoms with van der Waals surface area (Å²) < 4.78 is 0. The number of aliphatic hydroxyl groups is 1. The zero-order valence-electron chi connectivity index (χ0n) is 8.90. The molecule has 0 fully saturated rings. The smallest absolute Gasteiger partial charge is 0.263 e. The van der Waals surface area contributed by atoms with E-state index in [4.69, 9.17) is 17.3 Å². The summed E-state index contributed by atoms with van der Waals surface area (Å²) in [5.41, 5.74) is 5.17. The molecule has 0 aliphatic carbocycles. The molecule has 0 radical (unpaired) electrons. The first-order valence-electron chi connectivity index (χ1n) is 5.03. The van der Waals surface area contributed by atoms with Gasteiger partial charge in [0.2, 0.25) is 0 Å². The number of hydrogen-bond acceptors (Lipinski definition) is 3. The number of rotatable bonds is 2. The van der Waals surface area contributed by atoms with Gasteiger partial charge in [-0.05, 0) is 25.1 Å². The molecule has 16 heavy (non-hydrogen) atoms. The normalized spacial score (nSPS) is 23.8. The molecule has 1 heterocycles. The van der Waals surface area contributed by atoms with Crippen molar-refractivity contribution in [2.45, 2.75) is 12.5 Å².